The zero-order valence-electron chi connectivity index (χ0n) is 17.6. The minimum atomic E-state index is -0.331. The molecule has 1 aliphatic rings. The molecule has 7 nitrogen and oxygen atoms in total. The highest BCUT2D eigenvalue weighted by atomic mass is 32.2. The van der Waals surface area contributed by atoms with Gasteiger partial charge in [-0.2, -0.15) is 0 Å². The van der Waals surface area contributed by atoms with Crippen molar-refractivity contribution in [3.8, 4) is 0 Å². The molecule has 0 aliphatic heterocycles. The Morgan fingerprint density at radius 1 is 1.23 bits per heavy atom. The van der Waals surface area contributed by atoms with Crippen LogP contribution in [-0.4, -0.2) is 31.1 Å². The van der Waals surface area contributed by atoms with Gasteiger partial charge in [0, 0.05) is 23.3 Å². The average Bonchev–Trinajstić information content (AvgIpc) is 3.02. The van der Waals surface area contributed by atoms with Gasteiger partial charge in [0.05, 0.1) is 0 Å². The van der Waals surface area contributed by atoms with Crippen LogP contribution in [0.4, 0.5) is 0 Å². The molecule has 1 aliphatic carbocycles. The Bertz CT molecular complexity index is 1130. The van der Waals surface area contributed by atoms with Gasteiger partial charge in [0.1, 0.15) is 11.6 Å². The Kier molecular flexibility index (Phi) is 5.94. The Balaban J connectivity index is 1.54. The normalized spacial score (nSPS) is 19.2. The van der Waals surface area contributed by atoms with Gasteiger partial charge in [-0.1, -0.05) is 36.4 Å². The van der Waals surface area contributed by atoms with E-state index in [1.54, 1.807) is 12.4 Å². The number of carbonyl (C=O) groups is 1. The van der Waals surface area contributed by atoms with Crippen molar-refractivity contribution in [1.82, 2.24) is 24.5 Å². The summed E-state index contributed by atoms with van der Waals surface area (Å²) in [5.74, 6) is 0.552. The number of nitrogens with one attached hydrogen (secondary N) is 1. The highest BCUT2D eigenvalue weighted by Gasteiger charge is 2.21. The van der Waals surface area contributed by atoms with Crippen molar-refractivity contribution in [1.29, 1.82) is 0 Å². The quantitative estimate of drug-likeness (QED) is 0.678. The zero-order chi connectivity index (χ0) is 21.3. The van der Waals surface area contributed by atoms with E-state index in [1.165, 1.54) is 26.4 Å². The maximum Gasteiger partial charge on any atom is 0.350 e. The van der Waals surface area contributed by atoms with E-state index >= 15 is 0 Å². The van der Waals surface area contributed by atoms with Crippen LogP contribution in [0.25, 0.3) is 5.65 Å². The molecule has 1 saturated carbocycles. The molecular formula is C22H27N5O2S. The SMILES string of the molecule is Cc1ccc(Sc2nccn3c(=O)n(CC(=O)NC4CCC(C)CC4)nc23)c(C)c1. The third-order valence-corrected chi connectivity index (χ3v) is 6.84. The molecule has 3 aromatic rings. The molecule has 2 heterocycles. The summed E-state index contributed by atoms with van der Waals surface area (Å²) in [6.07, 6.45) is 7.43. The predicted molar refractivity (Wildman–Crippen MR) is 117 cm³/mol. The van der Waals surface area contributed by atoms with Crippen molar-refractivity contribution in [2.24, 2.45) is 5.92 Å². The molecule has 1 N–H and O–H groups in total. The molecular weight excluding hydrogens is 398 g/mol. The van der Waals surface area contributed by atoms with Gasteiger partial charge >= 0.3 is 5.69 Å². The molecule has 158 valence electrons. The van der Waals surface area contributed by atoms with Crippen molar-refractivity contribution < 1.29 is 4.79 Å². The zero-order valence-corrected chi connectivity index (χ0v) is 18.4. The maximum absolute atomic E-state index is 12.8. The number of rotatable bonds is 5. The van der Waals surface area contributed by atoms with Crippen LogP contribution in [0.5, 0.6) is 0 Å². The highest BCUT2D eigenvalue weighted by Crippen LogP contribution is 2.31. The summed E-state index contributed by atoms with van der Waals surface area (Å²) in [6.45, 7) is 6.27. The maximum atomic E-state index is 12.8. The van der Waals surface area contributed by atoms with Gasteiger partial charge in [0.2, 0.25) is 5.91 Å². The lowest BCUT2D eigenvalue weighted by molar-refractivity contribution is -0.122. The molecule has 8 heteroatoms. The monoisotopic (exact) mass is 425 g/mol. The summed E-state index contributed by atoms with van der Waals surface area (Å²) in [6, 6.07) is 6.41. The van der Waals surface area contributed by atoms with E-state index in [1.807, 2.05) is 6.07 Å². The lowest BCUT2D eigenvalue weighted by Crippen LogP contribution is -2.40. The minimum Gasteiger partial charge on any atom is -0.352 e. The van der Waals surface area contributed by atoms with E-state index in [2.05, 4.69) is 48.3 Å². The second-order valence-corrected chi connectivity index (χ2v) is 9.29. The van der Waals surface area contributed by atoms with Crippen molar-refractivity contribution in [2.45, 2.75) is 69.0 Å². The third-order valence-electron chi connectivity index (χ3n) is 5.68. The highest BCUT2D eigenvalue weighted by molar-refractivity contribution is 7.99. The molecule has 0 atom stereocenters. The minimum absolute atomic E-state index is 0.0831. The molecule has 0 spiro atoms. The fraction of sp³-hybridized carbons (Fsp3) is 0.455. The van der Waals surface area contributed by atoms with Crippen molar-refractivity contribution in [2.75, 3.05) is 0 Å². The smallest absolute Gasteiger partial charge is 0.350 e. The fourth-order valence-electron chi connectivity index (χ4n) is 3.93. The lowest BCUT2D eigenvalue weighted by atomic mass is 9.87. The molecule has 1 fully saturated rings. The third kappa shape index (κ3) is 4.43. The number of aromatic nitrogens is 4. The Morgan fingerprint density at radius 3 is 2.73 bits per heavy atom. The number of fused-ring (bicyclic) bond motifs is 1. The van der Waals surface area contributed by atoms with Crippen LogP contribution in [0.3, 0.4) is 0 Å². The van der Waals surface area contributed by atoms with Gasteiger partial charge in [0.25, 0.3) is 0 Å². The second kappa shape index (κ2) is 8.63. The van der Waals surface area contributed by atoms with Crippen LogP contribution >= 0.6 is 11.8 Å². The number of aryl methyl sites for hydroxylation is 2. The number of nitrogens with zero attached hydrogens (tertiary/aromatic N) is 4. The van der Waals surface area contributed by atoms with E-state index < -0.39 is 0 Å². The molecule has 2 aromatic heterocycles. The molecule has 1 amide bonds. The van der Waals surface area contributed by atoms with E-state index in [-0.39, 0.29) is 24.2 Å². The van der Waals surface area contributed by atoms with Crippen molar-refractivity contribution in [3.63, 3.8) is 0 Å². The van der Waals surface area contributed by atoms with Gasteiger partial charge in [-0.3, -0.25) is 4.79 Å². The van der Waals surface area contributed by atoms with Gasteiger partial charge in [-0.25, -0.2) is 18.9 Å². The molecule has 0 saturated heterocycles. The van der Waals surface area contributed by atoms with Crippen LogP contribution < -0.4 is 11.0 Å². The van der Waals surface area contributed by atoms with Gasteiger partial charge in [-0.15, -0.1) is 5.10 Å². The number of hydrogen-bond donors (Lipinski definition) is 1. The Hall–Kier alpha value is -2.61. The number of carbonyl (C=O) groups excluding carboxylic acids is 1. The van der Waals surface area contributed by atoms with Gasteiger partial charge in [0.15, 0.2) is 5.65 Å². The first-order chi connectivity index (χ1) is 14.4. The summed E-state index contributed by atoms with van der Waals surface area (Å²) >= 11 is 1.47. The summed E-state index contributed by atoms with van der Waals surface area (Å²) < 4.78 is 2.68. The average molecular weight is 426 g/mol. The second-order valence-electron chi connectivity index (χ2n) is 8.26. The molecule has 4 rings (SSSR count). The molecule has 1 aromatic carbocycles. The van der Waals surface area contributed by atoms with Crippen LogP contribution in [-0.2, 0) is 11.3 Å². The molecule has 0 bridgehead atoms. The standard InChI is InChI=1S/C22H27N5O2S/c1-14-4-7-17(8-5-14)24-19(28)13-27-22(29)26-11-10-23-21(20(26)25-27)30-18-9-6-15(2)12-16(18)3/h6,9-12,14,17H,4-5,7-8,13H2,1-3H3,(H,24,28). The van der Waals surface area contributed by atoms with Crippen LogP contribution in [0.1, 0.15) is 43.7 Å². The van der Waals surface area contributed by atoms with Crippen molar-refractivity contribution >= 4 is 23.3 Å². The predicted octanol–water partition coefficient (Wildman–Crippen LogP) is 3.35. The first-order valence-corrected chi connectivity index (χ1v) is 11.2. The number of hydrogen-bond acceptors (Lipinski definition) is 5. The van der Waals surface area contributed by atoms with Crippen molar-refractivity contribution in [3.05, 3.63) is 52.2 Å². The van der Waals surface area contributed by atoms with Gasteiger partial charge < -0.3 is 5.32 Å². The summed E-state index contributed by atoms with van der Waals surface area (Å²) in [7, 11) is 0. The summed E-state index contributed by atoms with van der Waals surface area (Å²) in [4.78, 5) is 30.8. The summed E-state index contributed by atoms with van der Waals surface area (Å²) in [5.41, 5.74) is 2.47. The molecule has 30 heavy (non-hydrogen) atoms. The first kappa shape index (κ1) is 20.7. The van der Waals surface area contributed by atoms with Crippen LogP contribution in [0.15, 0.2) is 45.3 Å². The van der Waals surface area contributed by atoms with Gasteiger partial charge in [-0.05, 0) is 57.1 Å². The molecule has 0 radical (unpaired) electrons. The first-order valence-electron chi connectivity index (χ1n) is 10.4. The van der Waals surface area contributed by atoms with Crippen LogP contribution in [0.2, 0.25) is 0 Å². The van der Waals surface area contributed by atoms with E-state index in [0.29, 0.717) is 10.7 Å². The largest absolute Gasteiger partial charge is 0.352 e. The number of amides is 1. The van der Waals surface area contributed by atoms with Crippen LogP contribution in [0, 0.1) is 19.8 Å². The van der Waals surface area contributed by atoms with E-state index in [0.717, 1.165) is 42.1 Å². The van der Waals surface area contributed by atoms with E-state index in [4.69, 9.17) is 0 Å². The Labute approximate surface area is 179 Å². The molecule has 0 unspecified atom stereocenters. The number of benzene rings is 1. The fourth-order valence-corrected chi connectivity index (χ4v) is 4.84. The lowest BCUT2D eigenvalue weighted by Gasteiger charge is -2.26. The Morgan fingerprint density at radius 2 is 2.00 bits per heavy atom. The van der Waals surface area contributed by atoms with E-state index in [9.17, 15) is 9.59 Å². The summed E-state index contributed by atoms with van der Waals surface area (Å²) in [5, 5.41) is 8.12. The topological polar surface area (TPSA) is 81.3 Å².